The lowest BCUT2D eigenvalue weighted by atomic mass is 10.1. The Hall–Kier alpha value is -1.19. The lowest BCUT2D eigenvalue weighted by Gasteiger charge is -2.05. The summed E-state index contributed by atoms with van der Waals surface area (Å²) in [6.45, 7) is -0.344. The molecule has 14 heavy (non-hydrogen) atoms. The number of aliphatic hydroxyl groups excluding tert-OH is 1. The standard InChI is InChI=1S/C10H7ClFNO/c11-10-7-1-2-9(12)8(5-14)6(7)3-4-13-10/h1-4,14H,5H2. The fourth-order valence-electron chi connectivity index (χ4n) is 1.42. The van der Waals surface area contributed by atoms with Crippen LogP contribution in [0.2, 0.25) is 5.15 Å². The van der Waals surface area contributed by atoms with Crippen molar-refractivity contribution in [2.75, 3.05) is 0 Å². The summed E-state index contributed by atoms with van der Waals surface area (Å²) in [5.41, 5.74) is 0.256. The van der Waals surface area contributed by atoms with Crippen molar-refractivity contribution in [2.45, 2.75) is 6.61 Å². The zero-order valence-electron chi connectivity index (χ0n) is 7.17. The molecule has 0 aliphatic rings. The van der Waals surface area contributed by atoms with E-state index in [1.54, 1.807) is 12.1 Å². The number of hydrogen-bond donors (Lipinski definition) is 1. The molecule has 1 heterocycles. The molecule has 0 spiro atoms. The molecule has 1 aromatic heterocycles. The minimum atomic E-state index is -0.428. The molecule has 0 bridgehead atoms. The molecule has 0 saturated carbocycles. The summed E-state index contributed by atoms with van der Waals surface area (Å²) in [4.78, 5) is 3.87. The van der Waals surface area contributed by atoms with E-state index < -0.39 is 5.82 Å². The maximum atomic E-state index is 13.2. The van der Waals surface area contributed by atoms with E-state index in [1.807, 2.05) is 0 Å². The van der Waals surface area contributed by atoms with Crippen LogP contribution in [0.3, 0.4) is 0 Å². The van der Waals surface area contributed by atoms with Gasteiger partial charge in [-0.1, -0.05) is 11.6 Å². The number of rotatable bonds is 1. The average molecular weight is 212 g/mol. The third-order valence-electron chi connectivity index (χ3n) is 2.11. The van der Waals surface area contributed by atoms with Crippen LogP contribution in [0.25, 0.3) is 10.8 Å². The van der Waals surface area contributed by atoms with E-state index in [9.17, 15) is 4.39 Å². The number of benzene rings is 1. The first-order valence-electron chi connectivity index (χ1n) is 4.06. The van der Waals surface area contributed by atoms with Gasteiger partial charge in [-0.25, -0.2) is 9.37 Å². The van der Waals surface area contributed by atoms with E-state index >= 15 is 0 Å². The second-order valence-electron chi connectivity index (χ2n) is 2.88. The quantitative estimate of drug-likeness (QED) is 0.736. The topological polar surface area (TPSA) is 33.1 Å². The molecule has 0 aliphatic carbocycles. The Morgan fingerprint density at radius 3 is 2.79 bits per heavy atom. The van der Waals surface area contributed by atoms with Crippen molar-refractivity contribution in [3.05, 3.63) is 40.9 Å². The number of pyridine rings is 1. The first-order valence-corrected chi connectivity index (χ1v) is 4.44. The Labute approximate surface area is 85.0 Å². The molecule has 2 rings (SSSR count). The van der Waals surface area contributed by atoms with Gasteiger partial charge in [0.25, 0.3) is 0 Å². The molecule has 0 fully saturated rings. The normalized spacial score (nSPS) is 10.8. The van der Waals surface area contributed by atoms with E-state index in [2.05, 4.69) is 4.98 Å². The Balaban J connectivity index is 2.88. The van der Waals surface area contributed by atoms with Gasteiger partial charge in [-0.15, -0.1) is 0 Å². The maximum absolute atomic E-state index is 13.2. The van der Waals surface area contributed by atoms with Gasteiger partial charge in [0.05, 0.1) is 6.61 Å². The molecule has 2 nitrogen and oxygen atoms in total. The Morgan fingerprint density at radius 2 is 2.07 bits per heavy atom. The van der Waals surface area contributed by atoms with E-state index in [1.165, 1.54) is 12.3 Å². The van der Waals surface area contributed by atoms with Crippen molar-refractivity contribution in [3.63, 3.8) is 0 Å². The zero-order chi connectivity index (χ0) is 10.1. The second-order valence-corrected chi connectivity index (χ2v) is 3.24. The van der Waals surface area contributed by atoms with Crippen LogP contribution in [0.1, 0.15) is 5.56 Å². The summed E-state index contributed by atoms with van der Waals surface area (Å²) in [7, 11) is 0. The predicted molar refractivity (Wildman–Crippen MR) is 52.6 cm³/mol. The monoisotopic (exact) mass is 211 g/mol. The maximum Gasteiger partial charge on any atom is 0.136 e. The van der Waals surface area contributed by atoms with Crippen LogP contribution >= 0.6 is 11.6 Å². The molecule has 72 valence electrons. The summed E-state index contributed by atoms with van der Waals surface area (Å²) < 4.78 is 13.2. The van der Waals surface area contributed by atoms with E-state index in [-0.39, 0.29) is 12.2 Å². The van der Waals surface area contributed by atoms with Gasteiger partial charge in [-0.05, 0) is 23.6 Å². The van der Waals surface area contributed by atoms with Crippen molar-refractivity contribution >= 4 is 22.4 Å². The van der Waals surface area contributed by atoms with Crippen LogP contribution in [-0.4, -0.2) is 10.1 Å². The van der Waals surface area contributed by atoms with Gasteiger partial charge < -0.3 is 5.11 Å². The minimum Gasteiger partial charge on any atom is -0.392 e. The number of aliphatic hydroxyl groups is 1. The zero-order valence-corrected chi connectivity index (χ0v) is 7.92. The number of fused-ring (bicyclic) bond motifs is 1. The van der Waals surface area contributed by atoms with Crippen molar-refractivity contribution in [1.29, 1.82) is 0 Å². The molecule has 0 radical (unpaired) electrons. The van der Waals surface area contributed by atoms with Crippen LogP contribution in [-0.2, 0) is 6.61 Å². The number of halogens is 2. The second kappa shape index (κ2) is 3.52. The average Bonchev–Trinajstić information content (AvgIpc) is 2.18. The highest BCUT2D eigenvalue weighted by Crippen LogP contribution is 2.25. The summed E-state index contributed by atoms with van der Waals surface area (Å²) in [6.07, 6.45) is 1.49. The SMILES string of the molecule is OCc1c(F)ccc2c(Cl)nccc12. The third kappa shape index (κ3) is 1.35. The van der Waals surface area contributed by atoms with E-state index in [0.717, 1.165) is 0 Å². The molecule has 1 aromatic carbocycles. The molecule has 0 unspecified atom stereocenters. The fourth-order valence-corrected chi connectivity index (χ4v) is 1.64. The van der Waals surface area contributed by atoms with Gasteiger partial charge in [0.2, 0.25) is 0 Å². The summed E-state index contributed by atoms with van der Waals surface area (Å²) in [5, 5.41) is 10.6. The molecular weight excluding hydrogens is 205 g/mol. The number of aromatic nitrogens is 1. The highest BCUT2D eigenvalue weighted by Gasteiger charge is 2.08. The predicted octanol–water partition coefficient (Wildman–Crippen LogP) is 2.52. The van der Waals surface area contributed by atoms with Crippen LogP contribution in [0.5, 0.6) is 0 Å². The Bertz CT molecular complexity index is 487. The summed E-state index contributed by atoms with van der Waals surface area (Å²) in [5.74, 6) is -0.428. The molecule has 0 atom stereocenters. The summed E-state index contributed by atoms with van der Waals surface area (Å²) >= 11 is 5.82. The first kappa shape index (κ1) is 9.37. The van der Waals surface area contributed by atoms with Gasteiger partial charge in [-0.2, -0.15) is 0 Å². The largest absolute Gasteiger partial charge is 0.392 e. The molecule has 1 N–H and O–H groups in total. The highest BCUT2D eigenvalue weighted by molar-refractivity contribution is 6.34. The molecule has 2 aromatic rings. The third-order valence-corrected chi connectivity index (χ3v) is 2.41. The van der Waals surface area contributed by atoms with Gasteiger partial charge in [0.1, 0.15) is 11.0 Å². The van der Waals surface area contributed by atoms with E-state index in [4.69, 9.17) is 16.7 Å². The lowest BCUT2D eigenvalue weighted by Crippen LogP contribution is -1.92. The van der Waals surface area contributed by atoms with Gasteiger partial charge in [0, 0.05) is 17.1 Å². The number of nitrogens with zero attached hydrogens (tertiary/aromatic N) is 1. The molecule has 0 saturated heterocycles. The number of hydrogen-bond acceptors (Lipinski definition) is 2. The van der Waals surface area contributed by atoms with Crippen molar-refractivity contribution in [3.8, 4) is 0 Å². The first-order chi connectivity index (χ1) is 6.74. The minimum absolute atomic E-state index is 0.256. The van der Waals surface area contributed by atoms with E-state index in [0.29, 0.717) is 15.9 Å². The summed E-state index contributed by atoms with van der Waals surface area (Å²) in [6, 6.07) is 4.47. The van der Waals surface area contributed by atoms with Crippen LogP contribution in [0.15, 0.2) is 24.4 Å². The van der Waals surface area contributed by atoms with Gasteiger partial charge >= 0.3 is 0 Å². The van der Waals surface area contributed by atoms with Crippen LogP contribution < -0.4 is 0 Å². The van der Waals surface area contributed by atoms with Gasteiger partial charge in [-0.3, -0.25) is 0 Å². The molecule has 0 aliphatic heterocycles. The fraction of sp³-hybridized carbons (Fsp3) is 0.100. The van der Waals surface area contributed by atoms with Crippen LogP contribution in [0.4, 0.5) is 4.39 Å². The molecular formula is C10H7ClFNO. The Morgan fingerprint density at radius 1 is 1.29 bits per heavy atom. The molecule has 4 heteroatoms. The highest BCUT2D eigenvalue weighted by atomic mass is 35.5. The van der Waals surface area contributed by atoms with Crippen molar-refractivity contribution in [2.24, 2.45) is 0 Å². The van der Waals surface area contributed by atoms with Crippen molar-refractivity contribution in [1.82, 2.24) is 4.98 Å². The smallest absolute Gasteiger partial charge is 0.136 e. The molecule has 0 amide bonds. The Kier molecular flexibility index (Phi) is 2.35. The lowest BCUT2D eigenvalue weighted by molar-refractivity contribution is 0.277. The van der Waals surface area contributed by atoms with Crippen LogP contribution in [0, 0.1) is 5.82 Å². The van der Waals surface area contributed by atoms with Crippen molar-refractivity contribution < 1.29 is 9.50 Å². The van der Waals surface area contributed by atoms with Gasteiger partial charge in [0.15, 0.2) is 0 Å².